The number of aliphatic hydroxyl groups is 1. The molecule has 1 aliphatic rings. The van der Waals surface area contributed by atoms with Gasteiger partial charge in [-0.15, -0.1) is 0 Å². The Kier molecular flexibility index (Phi) is 5.34. The van der Waals surface area contributed by atoms with Gasteiger partial charge in [-0.3, -0.25) is 14.3 Å². The van der Waals surface area contributed by atoms with Gasteiger partial charge in [0.05, 0.1) is 12.6 Å². The lowest BCUT2D eigenvalue weighted by molar-refractivity contribution is 0.0931. The molecule has 26 heavy (non-hydrogen) atoms. The summed E-state index contributed by atoms with van der Waals surface area (Å²) in [6.07, 6.45) is -0.728. The summed E-state index contributed by atoms with van der Waals surface area (Å²) >= 11 is 0. The van der Waals surface area contributed by atoms with Gasteiger partial charge in [0.1, 0.15) is 5.69 Å². The molecule has 1 aromatic heterocycles. The van der Waals surface area contributed by atoms with Crippen molar-refractivity contribution in [1.82, 2.24) is 25.3 Å². The lowest BCUT2D eigenvalue weighted by Crippen LogP contribution is -2.30. The molecule has 8 heteroatoms. The zero-order valence-electron chi connectivity index (χ0n) is 14.9. The third kappa shape index (κ3) is 4.09. The molecule has 0 fully saturated rings. The lowest BCUT2D eigenvalue weighted by atomic mass is 10.1. The van der Waals surface area contributed by atoms with Gasteiger partial charge in [-0.1, -0.05) is 24.3 Å². The summed E-state index contributed by atoms with van der Waals surface area (Å²) < 4.78 is 1.38. The second kappa shape index (κ2) is 7.67. The summed E-state index contributed by atoms with van der Waals surface area (Å²) in [6.45, 7) is 1.50. The monoisotopic (exact) mass is 357 g/mol. The van der Waals surface area contributed by atoms with E-state index < -0.39 is 6.10 Å². The van der Waals surface area contributed by atoms with Crippen LogP contribution >= 0.6 is 0 Å². The molecule has 0 aliphatic carbocycles. The Balaban J connectivity index is 1.71. The van der Waals surface area contributed by atoms with Gasteiger partial charge in [-0.25, -0.2) is 0 Å². The number of carbonyl (C=O) groups excluding carboxylic acids is 2. The van der Waals surface area contributed by atoms with E-state index >= 15 is 0 Å². The molecule has 8 nitrogen and oxygen atoms in total. The van der Waals surface area contributed by atoms with Crippen LogP contribution in [-0.2, 0) is 19.6 Å². The van der Waals surface area contributed by atoms with Crippen molar-refractivity contribution in [2.24, 2.45) is 0 Å². The summed E-state index contributed by atoms with van der Waals surface area (Å²) in [5.41, 5.74) is 2.61. The van der Waals surface area contributed by atoms with E-state index in [-0.39, 0.29) is 36.3 Å². The fourth-order valence-corrected chi connectivity index (χ4v) is 2.91. The Morgan fingerprint density at radius 1 is 1.38 bits per heavy atom. The van der Waals surface area contributed by atoms with E-state index in [1.54, 1.807) is 0 Å². The van der Waals surface area contributed by atoms with E-state index in [9.17, 15) is 14.7 Å². The SMILES string of the molecule is CN(C)Cc1ccccc1CNC(=O)c1cc2n(n1)C[C@@H](O)CNC2=O. The molecule has 2 aromatic rings. The van der Waals surface area contributed by atoms with Crippen molar-refractivity contribution in [3.63, 3.8) is 0 Å². The zero-order chi connectivity index (χ0) is 18.7. The first kappa shape index (κ1) is 18.1. The van der Waals surface area contributed by atoms with Crippen LogP contribution in [0.3, 0.4) is 0 Å². The van der Waals surface area contributed by atoms with Gasteiger partial charge >= 0.3 is 0 Å². The molecule has 0 saturated carbocycles. The van der Waals surface area contributed by atoms with Crippen molar-refractivity contribution in [1.29, 1.82) is 0 Å². The first-order valence-electron chi connectivity index (χ1n) is 8.48. The smallest absolute Gasteiger partial charge is 0.272 e. The van der Waals surface area contributed by atoms with Crippen molar-refractivity contribution >= 4 is 11.8 Å². The van der Waals surface area contributed by atoms with E-state index in [2.05, 4.69) is 20.6 Å². The number of nitrogens with zero attached hydrogens (tertiary/aromatic N) is 3. The highest BCUT2D eigenvalue weighted by Gasteiger charge is 2.24. The van der Waals surface area contributed by atoms with Crippen LogP contribution in [0.5, 0.6) is 0 Å². The van der Waals surface area contributed by atoms with E-state index in [0.717, 1.165) is 17.7 Å². The predicted octanol–water partition coefficient (Wildman–Crippen LogP) is -0.0210. The topological polar surface area (TPSA) is 99.5 Å². The Hall–Kier alpha value is -2.71. The third-order valence-corrected chi connectivity index (χ3v) is 4.17. The van der Waals surface area contributed by atoms with Gasteiger partial charge < -0.3 is 20.6 Å². The molecule has 0 radical (unpaired) electrons. The molecule has 2 amide bonds. The van der Waals surface area contributed by atoms with Gasteiger partial charge in [0.2, 0.25) is 0 Å². The highest BCUT2D eigenvalue weighted by molar-refractivity contribution is 5.98. The number of nitrogens with one attached hydrogen (secondary N) is 2. The minimum Gasteiger partial charge on any atom is -0.389 e. The molecule has 2 heterocycles. The molecule has 0 unspecified atom stereocenters. The summed E-state index contributed by atoms with van der Waals surface area (Å²) in [5, 5.41) is 19.4. The van der Waals surface area contributed by atoms with Crippen LogP contribution in [0.2, 0.25) is 0 Å². The number of benzene rings is 1. The van der Waals surface area contributed by atoms with Crippen molar-refractivity contribution in [2.75, 3.05) is 20.6 Å². The number of amides is 2. The van der Waals surface area contributed by atoms with E-state index in [0.29, 0.717) is 6.54 Å². The minimum absolute atomic E-state index is 0.161. The number of hydrogen-bond acceptors (Lipinski definition) is 5. The van der Waals surface area contributed by atoms with E-state index in [4.69, 9.17) is 0 Å². The number of aromatic nitrogens is 2. The highest BCUT2D eigenvalue weighted by atomic mass is 16.3. The second-order valence-electron chi connectivity index (χ2n) is 6.65. The van der Waals surface area contributed by atoms with Gasteiger partial charge in [0.15, 0.2) is 5.69 Å². The van der Waals surface area contributed by atoms with Crippen LogP contribution in [0.1, 0.15) is 32.1 Å². The van der Waals surface area contributed by atoms with Crippen LogP contribution in [0.25, 0.3) is 0 Å². The maximum Gasteiger partial charge on any atom is 0.272 e. The Labute approximate surface area is 151 Å². The summed E-state index contributed by atoms with van der Waals surface area (Å²) in [6, 6.07) is 9.37. The molecule has 0 spiro atoms. The number of aliphatic hydroxyl groups excluding tert-OH is 1. The zero-order valence-corrected chi connectivity index (χ0v) is 14.9. The van der Waals surface area contributed by atoms with Crippen LogP contribution in [0, 0.1) is 0 Å². The fraction of sp³-hybridized carbons (Fsp3) is 0.389. The Bertz CT molecular complexity index is 815. The normalized spacial score (nSPS) is 16.8. The molecule has 1 aromatic carbocycles. The summed E-state index contributed by atoms with van der Waals surface area (Å²) in [7, 11) is 3.99. The largest absolute Gasteiger partial charge is 0.389 e. The van der Waals surface area contributed by atoms with Crippen molar-refractivity contribution < 1.29 is 14.7 Å². The fourth-order valence-electron chi connectivity index (χ4n) is 2.91. The highest BCUT2D eigenvalue weighted by Crippen LogP contribution is 2.12. The first-order chi connectivity index (χ1) is 12.4. The van der Waals surface area contributed by atoms with Crippen LogP contribution < -0.4 is 10.6 Å². The van der Waals surface area contributed by atoms with Crippen LogP contribution in [0.4, 0.5) is 0 Å². The number of hydrogen-bond donors (Lipinski definition) is 3. The molecule has 1 atom stereocenters. The maximum absolute atomic E-state index is 12.5. The third-order valence-electron chi connectivity index (χ3n) is 4.17. The number of carbonyl (C=O) groups is 2. The van der Waals surface area contributed by atoms with Gasteiger partial charge in [0, 0.05) is 25.7 Å². The Morgan fingerprint density at radius 2 is 2.12 bits per heavy atom. The quantitative estimate of drug-likeness (QED) is 0.698. The average Bonchev–Trinajstić information content (AvgIpc) is 2.96. The van der Waals surface area contributed by atoms with Crippen molar-refractivity contribution in [3.8, 4) is 0 Å². The van der Waals surface area contributed by atoms with Gasteiger partial charge in [-0.05, 0) is 25.2 Å². The van der Waals surface area contributed by atoms with Crippen molar-refractivity contribution in [2.45, 2.75) is 25.7 Å². The average molecular weight is 357 g/mol. The maximum atomic E-state index is 12.5. The van der Waals surface area contributed by atoms with E-state index in [1.807, 2.05) is 38.4 Å². The summed E-state index contributed by atoms with van der Waals surface area (Å²) in [5.74, 6) is -0.697. The number of fused-ring (bicyclic) bond motifs is 1. The second-order valence-corrected chi connectivity index (χ2v) is 6.65. The van der Waals surface area contributed by atoms with E-state index in [1.165, 1.54) is 10.7 Å². The Morgan fingerprint density at radius 3 is 2.85 bits per heavy atom. The predicted molar refractivity (Wildman–Crippen MR) is 95.6 cm³/mol. The molecule has 3 N–H and O–H groups in total. The minimum atomic E-state index is -0.728. The number of β-amino-alcohol motifs (C(OH)–C–C–N with tert-alkyl or cyclic N) is 1. The number of rotatable bonds is 5. The molecular formula is C18H23N5O3. The molecular weight excluding hydrogens is 334 g/mol. The lowest BCUT2D eigenvalue weighted by Gasteiger charge is -2.14. The molecule has 1 aliphatic heterocycles. The molecule has 138 valence electrons. The van der Waals surface area contributed by atoms with Gasteiger partial charge in [-0.2, -0.15) is 5.10 Å². The standard InChI is InChI=1S/C18H23N5O3/c1-22(2)10-13-6-4-3-5-12(13)8-19-17(25)15-7-16-18(26)20-9-14(24)11-23(16)21-15/h3-7,14,24H,8-11H2,1-2H3,(H,19,25)(H,20,26)/t14-/m0/s1. The first-order valence-corrected chi connectivity index (χ1v) is 8.48. The van der Waals surface area contributed by atoms with Crippen molar-refractivity contribution in [3.05, 3.63) is 52.8 Å². The molecule has 0 saturated heterocycles. The van der Waals surface area contributed by atoms with Gasteiger partial charge in [0.25, 0.3) is 11.8 Å². The summed E-state index contributed by atoms with van der Waals surface area (Å²) in [4.78, 5) is 26.5. The van der Waals surface area contributed by atoms with Crippen LogP contribution in [0.15, 0.2) is 30.3 Å². The molecule has 3 rings (SSSR count). The molecule has 0 bridgehead atoms. The van der Waals surface area contributed by atoms with Crippen LogP contribution in [-0.4, -0.2) is 58.3 Å².